The number of hydrogen-bond acceptors (Lipinski definition) is 2. The van der Waals surface area contributed by atoms with E-state index in [2.05, 4.69) is 25.8 Å². The van der Waals surface area contributed by atoms with Crippen LogP contribution in [0.5, 0.6) is 0 Å². The van der Waals surface area contributed by atoms with Gasteiger partial charge in [0.15, 0.2) is 0 Å². The predicted molar refractivity (Wildman–Crippen MR) is 74.2 cm³/mol. The van der Waals surface area contributed by atoms with Crippen molar-refractivity contribution in [1.29, 1.82) is 0 Å². The van der Waals surface area contributed by atoms with Gasteiger partial charge < -0.3 is 10.1 Å². The summed E-state index contributed by atoms with van der Waals surface area (Å²) in [4.78, 5) is 19.1. The van der Waals surface area contributed by atoms with Crippen molar-refractivity contribution in [2.75, 3.05) is 0 Å². The van der Waals surface area contributed by atoms with Gasteiger partial charge in [-0.2, -0.15) is 0 Å². The minimum atomic E-state index is -0.644. The number of carboxylic acid groups (broad SMARTS) is 1. The van der Waals surface area contributed by atoms with Gasteiger partial charge in [-0.1, -0.05) is 13.8 Å². The van der Waals surface area contributed by atoms with E-state index in [4.69, 9.17) is 10.1 Å². The number of nitrogens with zero attached hydrogens (tertiary/aromatic N) is 1. The largest absolute Gasteiger partial charge is 0.481 e. The summed E-state index contributed by atoms with van der Waals surface area (Å²) in [5.74, 6) is 1.29. The zero-order valence-electron chi connectivity index (χ0n) is 12.1. The molecule has 0 spiro atoms. The fourth-order valence-electron chi connectivity index (χ4n) is 2.91. The molecule has 1 saturated carbocycles. The van der Waals surface area contributed by atoms with E-state index in [9.17, 15) is 4.79 Å². The van der Waals surface area contributed by atoms with Gasteiger partial charge in [0, 0.05) is 11.6 Å². The van der Waals surface area contributed by atoms with E-state index in [-0.39, 0.29) is 5.92 Å². The van der Waals surface area contributed by atoms with E-state index in [1.54, 1.807) is 0 Å². The maximum absolute atomic E-state index is 11.0. The Balaban J connectivity index is 2.01. The first-order chi connectivity index (χ1) is 8.97. The number of carbonyl (C=O) groups is 1. The quantitative estimate of drug-likeness (QED) is 0.877. The molecule has 0 amide bonds. The molecule has 0 unspecified atom stereocenters. The molecule has 1 aromatic heterocycles. The summed E-state index contributed by atoms with van der Waals surface area (Å²) in [6.07, 6.45) is 4.43. The number of nitrogens with one attached hydrogen (secondary N) is 1. The maximum Gasteiger partial charge on any atom is 0.306 e. The van der Waals surface area contributed by atoms with Crippen LogP contribution in [-0.4, -0.2) is 21.0 Å². The molecule has 1 heterocycles. The molecule has 1 fully saturated rings. The smallest absolute Gasteiger partial charge is 0.306 e. The highest BCUT2D eigenvalue weighted by Crippen LogP contribution is 2.35. The van der Waals surface area contributed by atoms with Crippen LogP contribution < -0.4 is 0 Å². The molecular formula is C15H24N2O2. The van der Waals surface area contributed by atoms with Gasteiger partial charge >= 0.3 is 5.97 Å². The highest BCUT2D eigenvalue weighted by atomic mass is 16.4. The van der Waals surface area contributed by atoms with Crippen LogP contribution in [0.15, 0.2) is 0 Å². The Bertz CT molecular complexity index is 443. The lowest BCUT2D eigenvalue weighted by atomic mass is 9.82. The lowest BCUT2D eigenvalue weighted by molar-refractivity contribution is -0.142. The van der Waals surface area contributed by atoms with Gasteiger partial charge in [0.2, 0.25) is 0 Å². The van der Waals surface area contributed by atoms with E-state index >= 15 is 0 Å². The topological polar surface area (TPSA) is 66.0 Å². The molecule has 1 aromatic rings. The van der Waals surface area contributed by atoms with Crippen LogP contribution in [0.1, 0.15) is 62.7 Å². The lowest BCUT2D eigenvalue weighted by Gasteiger charge is -2.24. The standard InChI is InChI=1S/C15H24N2O2/c1-9(2)8-13-10(3)16-14(17-13)11-4-6-12(7-5-11)15(18)19/h9,11-12H,4-8H2,1-3H3,(H,16,17)(H,18,19). The average Bonchev–Trinajstić information content (AvgIpc) is 2.70. The van der Waals surface area contributed by atoms with Crippen molar-refractivity contribution in [3.8, 4) is 0 Å². The van der Waals surface area contributed by atoms with Crippen LogP contribution in [0.3, 0.4) is 0 Å². The number of aliphatic carboxylic acids is 1. The van der Waals surface area contributed by atoms with Crippen molar-refractivity contribution in [2.24, 2.45) is 11.8 Å². The number of H-pyrrole nitrogens is 1. The normalized spacial score (nSPS) is 23.8. The maximum atomic E-state index is 11.0. The van der Waals surface area contributed by atoms with Crippen molar-refractivity contribution >= 4 is 5.97 Å². The van der Waals surface area contributed by atoms with Crippen LogP contribution in [0.4, 0.5) is 0 Å². The second-order valence-electron chi connectivity index (χ2n) is 6.18. The molecule has 4 heteroatoms. The van der Waals surface area contributed by atoms with Gasteiger partial charge in [0.05, 0.1) is 11.6 Å². The molecule has 0 saturated heterocycles. The van der Waals surface area contributed by atoms with Gasteiger partial charge in [0.1, 0.15) is 5.82 Å². The number of hydrogen-bond donors (Lipinski definition) is 2. The molecule has 106 valence electrons. The number of carboxylic acids is 1. The Morgan fingerprint density at radius 2 is 2.00 bits per heavy atom. The third-order valence-corrected chi connectivity index (χ3v) is 4.07. The summed E-state index contributed by atoms with van der Waals surface area (Å²) >= 11 is 0. The molecule has 1 aliphatic rings. The Morgan fingerprint density at radius 1 is 1.37 bits per heavy atom. The van der Waals surface area contributed by atoms with E-state index in [1.807, 2.05) is 0 Å². The number of imidazole rings is 1. The molecule has 4 nitrogen and oxygen atoms in total. The van der Waals surface area contributed by atoms with Crippen LogP contribution >= 0.6 is 0 Å². The second kappa shape index (κ2) is 5.76. The monoisotopic (exact) mass is 264 g/mol. The van der Waals surface area contributed by atoms with Gasteiger partial charge in [-0.25, -0.2) is 4.98 Å². The minimum Gasteiger partial charge on any atom is -0.481 e. The average molecular weight is 264 g/mol. The molecule has 0 aromatic carbocycles. The van der Waals surface area contributed by atoms with E-state index in [0.717, 1.165) is 37.9 Å². The molecular weight excluding hydrogens is 240 g/mol. The Kier molecular flexibility index (Phi) is 4.27. The molecule has 0 radical (unpaired) electrons. The minimum absolute atomic E-state index is 0.151. The fraction of sp³-hybridized carbons (Fsp3) is 0.733. The Hall–Kier alpha value is -1.32. The fourth-order valence-corrected chi connectivity index (χ4v) is 2.91. The second-order valence-corrected chi connectivity index (χ2v) is 6.18. The third-order valence-electron chi connectivity index (χ3n) is 4.07. The molecule has 0 aliphatic heterocycles. The van der Waals surface area contributed by atoms with Crippen molar-refractivity contribution in [2.45, 2.75) is 58.8 Å². The highest BCUT2D eigenvalue weighted by molar-refractivity contribution is 5.70. The first-order valence-electron chi connectivity index (χ1n) is 7.25. The molecule has 2 N–H and O–H groups in total. The lowest BCUT2D eigenvalue weighted by Crippen LogP contribution is -2.21. The molecule has 0 atom stereocenters. The van der Waals surface area contributed by atoms with Crippen molar-refractivity contribution in [3.05, 3.63) is 17.2 Å². The first kappa shape index (κ1) is 14.1. The van der Waals surface area contributed by atoms with Crippen LogP contribution in [0.2, 0.25) is 0 Å². The van der Waals surface area contributed by atoms with E-state index < -0.39 is 5.97 Å². The van der Waals surface area contributed by atoms with Crippen LogP contribution in [0.25, 0.3) is 0 Å². The van der Waals surface area contributed by atoms with Crippen LogP contribution in [0, 0.1) is 18.8 Å². The van der Waals surface area contributed by atoms with E-state index in [0.29, 0.717) is 11.8 Å². The third kappa shape index (κ3) is 3.37. The van der Waals surface area contributed by atoms with Crippen molar-refractivity contribution in [1.82, 2.24) is 9.97 Å². The Labute approximate surface area is 114 Å². The summed E-state index contributed by atoms with van der Waals surface area (Å²) < 4.78 is 0. The number of rotatable bonds is 4. The zero-order chi connectivity index (χ0) is 14.0. The SMILES string of the molecule is Cc1[nH]c(C2CCC(C(=O)O)CC2)nc1CC(C)C. The molecule has 2 rings (SSSR count). The van der Waals surface area contributed by atoms with Crippen molar-refractivity contribution in [3.63, 3.8) is 0 Å². The van der Waals surface area contributed by atoms with Gasteiger partial charge in [0.25, 0.3) is 0 Å². The first-order valence-corrected chi connectivity index (χ1v) is 7.25. The summed E-state index contributed by atoms with van der Waals surface area (Å²) in [5.41, 5.74) is 2.34. The number of aromatic amines is 1. The predicted octanol–water partition coefficient (Wildman–Crippen LogP) is 3.28. The summed E-state index contributed by atoms with van der Waals surface area (Å²) in [6.45, 7) is 6.48. The van der Waals surface area contributed by atoms with Gasteiger partial charge in [-0.15, -0.1) is 0 Å². The van der Waals surface area contributed by atoms with Crippen LogP contribution in [-0.2, 0) is 11.2 Å². The van der Waals surface area contributed by atoms with Crippen molar-refractivity contribution < 1.29 is 9.90 Å². The van der Waals surface area contributed by atoms with E-state index in [1.165, 1.54) is 11.4 Å². The zero-order valence-corrected chi connectivity index (χ0v) is 12.1. The number of aromatic nitrogens is 2. The van der Waals surface area contributed by atoms with Gasteiger partial charge in [-0.05, 0) is 44.9 Å². The Morgan fingerprint density at radius 3 is 2.53 bits per heavy atom. The molecule has 1 aliphatic carbocycles. The summed E-state index contributed by atoms with van der Waals surface area (Å²) in [5, 5.41) is 9.02. The summed E-state index contributed by atoms with van der Waals surface area (Å²) in [6, 6.07) is 0. The molecule has 19 heavy (non-hydrogen) atoms. The molecule has 0 bridgehead atoms. The number of aryl methyl sites for hydroxylation is 1. The highest BCUT2D eigenvalue weighted by Gasteiger charge is 2.28. The summed E-state index contributed by atoms with van der Waals surface area (Å²) in [7, 11) is 0. The van der Waals surface area contributed by atoms with Gasteiger partial charge in [-0.3, -0.25) is 4.79 Å².